The summed E-state index contributed by atoms with van der Waals surface area (Å²) in [6, 6.07) is 6.68. The molecule has 1 aliphatic heterocycles. The molecule has 1 atom stereocenters. The fourth-order valence-corrected chi connectivity index (χ4v) is 3.99. The van der Waals surface area contributed by atoms with Crippen molar-refractivity contribution in [3.8, 4) is 5.88 Å². The third-order valence-electron chi connectivity index (χ3n) is 4.35. The van der Waals surface area contributed by atoms with Gasteiger partial charge in [-0.05, 0) is 38.4 Å². The number of likely N-dealkylation sites (tertiary alicyclic amines) is 1. The van der Waals surface area contributed by atoms with Crippen molar-refractivity contribution in [1.82, 2.24) is 14.9 Å². The van der Waals surface area contributed by atoms with Crippen molar-refractivity contribution in [2.45, 2.75) is 32.4 Å². The Labute approximate surface area is 141 Å². The van der Waals surface area contributed by atoms with E-state index in [1.165, 1.54) is 29.1 Å². The third kappa shape index (κ3) is 4.00. The van der Waals surface area contributed by atoms with Crippen LogP contribution in [0.5, 0.6) is 5.88 Å². The van der Waals surface area contributed by atoms with Crippen molar-refractivity contribution in [2.24, 2.45) is 0 Å². The molecule has 0 aliphatic carbocycles. The van der Waals surface area contributed by atoms with Gasteiger partial charge in [-0.2, -0.15) is 4.98 Å². The molecule has 2 aromatic rings. The summed E-state index contributed by atoms with van der Waals surface area (Å²) in [5.74, 6) is 1.35. The van der Waals surface area contributed by atoms with Crippen LogP contribution in [-0.4, -0.2) is 48.2 Å². The zero-order valence-corrected chi connectivity index (χ0v) is 14.8. The maximum absolute atomic E-state index is 5.21. The number of aryl methyl sites for hydroxylation is 1. The van der Waals surface area contributed by atoms with Crippen LogP contribution in [0.2, 0.25) is 0 Å². The number of likely N-dealkylation sites (N-methyl/N-ethyl adjacent to an activating group) is 1. The first kappa shape index (κ1) is 16.2. The van der Waals surface area contributed by atoms with Crippen LogP contribution in [0.15, 0.2) is 24.4 Å². The number of hydrogen-bond donors (Lipinski definition) is 0. The van der Waals surface area contributed by atoms with Gasteiger partial charge in [0.05, 0.1) is 7.11 Å². The molecular formula is C17H24N4OS. The summed E-state index contributed by atoms with van der Waals surface area (Å²) in [6.07, 6.45) is 4.15. The zero-order chi connectivity index (χ0) is 16.2. The van der Waals surface area contributed by atoms with E-state index in [4.69, 9.17) is 4.74 Å². The number of ether oxygens (including phenoxy) is 1. The highest BCUT2D eigenvalue weighted by Gasteiger charge is 2.25. The molecule has 3 heterocycles. The molecular weight excluding hydrogens is 308 g/mol. The maximum atomic E-state index is 5.21. The van der Waals surface area contributed by atoms with Gasteiger partial charge in [-0.15, -0.1) is 11.3 Å². The number of rotatable bonds is 5. The number of hydrogen-bond acceptors (Lipinski definition) is 6. The molecule has 1 fully saturated rings. The van der Waals surface area contributed by atoms with E-state index in [0.717, 1.165) is 19.0 Å². The summed E-state index contributed by atoms with van der Waals surface area (Å²) in [5.41, 5.74) is 0. The minimum Gasteiger partial charge on any atom is -0.481 e. The van der Waals surface area contributed by atoms with Crippen molar-refractivity contribution < 1.29 is 4.74 Å². The van der Waals surface area contributed by atoms with E-state index in [1.807, 2.05) is 11.3 Å². The van der Waals surface area contributed by atoms with E-state index in [2.05, 4.69) is 45.9 Å². The number of aromatic nitrogens is 2. The molecule has 3 rings (SSSR count). The smallest absolute Gasteiger partial charge is 0.228 e. The molecule has 0 N–H and O–H groups in total. The van der Waals surface area contributed by atoms with Crippen molar-refractivity contribution in [3.05, 3.63) is 34.2 Å². The van der Waals surface area contributed by atoms with Crippen LogP contribution in [0.25, 0.3) is 0 Å². The Kier molecular flexibility index (Phi) is 5.13. The molecule has 0 spiro atoms. The Bertz CT molecular complexity index is 645. The van der Waals surface area contributed by atoms with E-state index >= 15 is 0 Å². The summed E-state index contributed by atoms with van der Waals surface area (Å²) in [4.78, 5) is 16.4. The first-order chi connectivity index (χ1) is 11.2. The van der Waals surface area contributed by atoms with E-state index < -0.39 is 0 Å². The molecule has 1 saturated heterocycles. The highest BCUT2D eigenvalue weighted by molar-refractivity contribution is 7.11. The summed E-state index contributed by atoms with van der Waals surface area (Å²) in [6.45, 7) is 5.43. The summed E-state index contributed by atoms with van der Waals surface area (Å²) >= 11 is 1.90. The highest BCUT2D eigenvalue weighted by Crippen LogP contribution is 2.23. The monoisotopic (exact) mass is 332 g/mol. The van der Waals surface area contributed by atoms with Gasteiger partial charge in [0.15, 0.2) is 0 Å². The second-order valence-electron chi connectivity index (χ2n) is 6.05. The fraction of sp³-hybridized carbons (Fsp3) is 0.529. The van der Waals surface area contributed by atoms with Crippen molar-refractivity contribution in [3.63, 3.8) is 0 Å². The average Bonchev–Trinajstić information content (AvgIpc) is 2.99. The molecule has 5 nitrogen and oxygen atoms in total. The van der Waals surface area contributed by atoms with Gasteiger partial charge in [0.25, 0.3) is 0 Å². The van der Waals surface area contributed by atoms with E-state index in [1.54, 1.807) is 19.4 Å². The zero-order valence-electron chi connectivity index (χ0n) is 14.0. The minimum atomic E-state index is 0.442. The molecule has 1 aliphatic rings. The average molecular weight is 332 g/mol. The Balaban J connectivity index is 1.65. The standard InChI is InChI=1S/C17H24N4OS/c1-13-6-7-15(23-13)12-21-10-4-5-14(11-21)20(2)17-18-9-8-16(19-17)22-3/h6-9,14H,4-5,10-12H2,1-3H3. The number of thiophene rings is 1. The second kappa shape index (κ2) is 7.27. The van der Waals surface area contributed by atoms with Gasteiger partial charge in [-0.25, -0.2) is 4.98 Å². The Hall–Kier alpha value is -1.66. The van der Waals surface area contributed by atoms with Gasteiger partial charge in [0.2, 0.25) is 11.8 Å². The normalized spacial score (nSPS) is 18.8. The number of nitrogens with zero attached hydrogens (tertiary/aromatic N) is 4. The lowest BCUT2D eigenvalue weighted by molar-refractivity contribution is 0.199. The van der Waals surface area contributed by atoms with Gasteiger partial charge >= 0.3 is 0 Å². The van der Waals surface area contributed by atoms with Crippen LogP contribution in [-0.2, 0) is 6.54 Å². The Morgan fingerprint density at radius 3 is 3.00 bits per heavy atom. The topological polar surface area (TPSA) is 41.5 Å². The highest BCUT2D eigenvalue weighted by atomic mass is 32.1. The molecule has 0 aromatic carbocycles. The van der Waals surface area contributed by atoms with Crippen molar-refractivity contribution in [2.75, 3.05) is 32.1 Å². The molecule has 6 heteroatoms. The number of piperidine rings is 1. The molecule has 0 bridgehead atoms. The molecule has 2 aromatic heterocycles. The van der Waals surface area contributed by atoms with Crippen LogP contribution in [0.4, 0.5) is 5.95 Å². The maximum Gasteiger partial charge on any atom is 0.228 e. The van der Waals surface area contributed by atoms with Crippen molar-refractivity contribution in [1.29, 1.82) is 0 Å². The number of methoxy groups -OCH3 is 1. The predicted octanol–water partition coefficient (Wildman–Crippen LogP) is 2.96. The molecule has 23 heavy (non-hydrogen) atoms. The summed E-state index contributed by atoms with van der Waals surface area (Å²) in [5, 5.41) is 0. The van der Waals surface area contributed by atoms with Gasteiger partial charge in [-0.3, -0.25) is 4.90 Å². The van der Waals surface area contributed by atoms with Crippen LogP contribution in [0, 0.1) is 6.92 Å². The fourth-order valence-electron chi connectivity index (χ4n) is 3.06. The van der Waals surface area contributed by atoms with E-state index in [9.17, 15) is 0 Å². The third-order valence-corrected chi connectivity index (χ3v) is 5.33. The quantitative estimate of drug-likeness (QED) is 0.842. The lowest BCUT2D eigenvalue weighted by Crippen LogP contribution is -2.46. The Morgan fingerprint density at radius 1 is 1.39 bits per heavy atom. The SMILES string of the molecule is COc1ccnc(N(C)C2CCCN(Cc3ccc(C)s3)C2)n1. The number of anilines is 1. The largest absolute Gasteiger partial charge is 0.481 e. The summed E-state index contributed by atoms with van der Waals surface area (Å²) in [7, 11) is 3.72. The molecule has 0 saturated carbocycles. The first-order valence-corrected chi connectivity index (χ1v) is 8.85. The molecule has 124 valence electrons. The van der Waals surface area contributed by atoms with E-state index in [-0.39, 0.29) is 0 Å². The van der Waals surface area contributed by atoms with Gasteiger partial charge in [-0.1, -0.05) is 0 Å². The van der Waals surface area contributed by atoms with E-state index in [0.29, 0.717) is 11.9 Å². The van der Waals surface area contributed by atoms with Crippen LogP contribution in [0.3, 0.4) is 0 Å². The van der Waals surface area contributed by atoms with Crippen LogP contribution < -0.4 is 9.64 Å². The summed E-state index contributed by atoms with van der Waals surface area (Å²) < 4.78 is 5.21. The van der Waals surface area contributed by atoms with Gasteiger partial charge < -0.3 is 9.64 Å². The Morgan fingerprint density at radius 2 is 2.26 bits per heavy atom. The first-order valence-electron chi connectivity index (χ1n) is 8.03. The van der Waals surface area contributed by atoms with Gasteiger partial charge in [0, 0.05) is 48.2 Å². The van der Waals surface area contributed by atoms with Crippen LogP contribution >= 0.6 is 11.3 Å². The minimum absolute atomic E-state index is 0.442. The predicted molar refractivity (Wildman–Crippen MR) is 94.3 cm³/mol. The molecule has 1 unspecified atom stereocenters. The lowest BCUT2D eigenvalue weighted by Gasteiger charge is -2.37. The lowest BCUT2D eigenvalue weighted by atomic mass is 10.0. The van der Waals surface area contributed by atoms with Gasteiger partial charge in [0.1, 0.15) is 0 Å². The molecule has 0 amide bonds. The second-order valence-corrected chi connectivity index (χ2v) is 7.43. The van der Waals surface area contributed by atoms with Crippen LogP contribution in [0.1, 0.15) is 22.6 Å². The molecule has 0 radical (unpaired) electrons. The van der Waals surface area contributed by atoms with Crippen molar-refractivity contribution >= 4 is 17.3 Å².